The van der Waals surface area contributed by atoms with Gasteiger partial charge in [0.25, 0.3) is 0 Å². The topological polar surface area (TPSA) is 41.6 Å². The van der Waals surface area contributed by atoms with E-state index in [2.05, 4.69) is 33.8 Å². The van der Waals surface area contributed by atoms with Crippen LogP contribution in [-0.2, 0) is 9.53 Å². The fourth-order valence-electron chi connectivity index (χ4n) is 3.19. The molecule has 0 spiro atoms. The minimum atomic E-state index is 0.117. The van der Waals surface area contributed by atoms with Crippen LogP contribution in [0.25, 0.3) is 0 Å². The van der Waals surface area contributed by atoms with Crippen LogP contribution in [0, 0.1) is 5.92 Å². The largest absolute Gasteiger partial charge is 0.378 e. The number of rotatable bonds is 4. The summed E-state index contributed by atoms with van der Waals surface area (Å²) in [4.78, 5) is 16.2. The molecular formula is C18H20N2O2S. The van der Waals surface area contributed by atoms with Gasteiger partial charge in [0.15, 0.2) is 0 Å². The van der Waals surface area contributed by atoms with E-state index in [0.717, 1.165) is 44.1 Å². The number of para-hydroxylation sites is 2. The Bertz CT molecular complexity index is 680. The number of nitrogens with zero attached hydrogens (tertiary/aromatic N) is 1. The standard InChI is InChI=1S/C18H20N2O2S/c21-18(14-12-13(14)17-6-3-11-23-17)19-15-4-1-2-5-16(15)20-7-9-22-10-8-20/h1-6,11,13-14H,7-10,12H2,(H,19,21). The predicted molar refractivity (Wildman–Crippen MR) is 93.3 cm³/mol. The van der Waals surface area contributed by atoms with Crippen LogP contribution in [0.2, 0.25) is 0 Å². The summed E-state index contributed by atoms with van der Waals surface area (Å²) in [6.07, 6.45) is 0.964. The lowest BCUT2D eigenvalue weighted by molar-refractivity contribution is -0.117. The van der Waals surface area contributed by atoms with Gasteiger partial charge in [-0.05, 0) is 30.0 Å². The second kappa shape index (κ2) is 6.34. The van der Waals surface area contributed by atoms with Crippen molar-refractivity contribution in [3.05, 3.63) is 46.7 Å². The maximum absolute atomic E-state index is 12.6. The third-order valence-corrected chi connectivity index (χ3v) is 5.55. The smallest absolute Gasteiger partial charge is 0.228 e. The molecule has 120 valence electrons. The first kappa shape index (κ1) is 14.7. The minimum absolute atomic E-state index is 0.117. The van der Waals surface area contributed by atoms with Crippen molar-refractivity contribution >= 4 is 28.6 Å². The number of carbonyl (C=O) groups excluding carboxylic acids is 1. The average molecular weight is 328 g/mol. The number of benzene rings is 1. The van der Waals surface area contributed by atoms with Gasteiger partial charge in [-0.3, -0.25) is 4.79 Å². The molecule has 2 heterocycles. The maximum atomic E-state index is 12.6. The SMILES string of the molecule is O=C(Nc1ccccc1N1CCOCC1)C1CC1c1cccs1. The van der Waals surface area contributed by atoms with Crippen LogP contribution in [0.3, 0.4) is 0 Å². The summed E-state index contributed by atoms with van der Waals surface area (Å²) in [5.41, 5.74) is 2.01. The van der Waals surface area contributed by atoms with Gasteiger partial charge >= 0.3 is 0 Å². The van der Waals surface area contributed by atoms with Gasteiger partial charge in [-0.1, -0.05) is 18.2 Å². The molecule has 1 aliphatic heterocycles. The van der Waals surface area contributed by atoms with E-state index in [1.807, 2.05) is 18.2 Å². The highest BCUT2D eigenvalue weighted by atomic mass is 32.1. The first-order valence-corrected chi connectivity index (χ1v) is 8.97. The van der Waals surface area contributed by atoms with Crippen LogP contribution in [0.5, 0.6) is 0 Å². The molecule has 4 nitrogen and oxygen atoms in total. The summed E-state index contributed by atoms with van der Waals surface area (Å²) in [6.45, 7) is 3.22. The molecular weight excluding hydrogens is 308 g/mol. The zero-order chi connectivity index (χ0) is 15.6. The number of hydrogen-bond acceptors (Lipinski definition) is 4. The van der Waals surface area contributed by atoms with Gasteiger partial charge in [0.05, 0.1) is 24.6 Å². The summed E-state index contributed by atoms with van der Waals surface area (Å²) < 4.78 is 5.42. The molecule has 2 aromatic rings. The molecule has 1 amide bonds. The molecule has 2 atom stereocenters. The number of morpholine rings is 1. The molecule has 2 unspecified atom stereocenters. The number of hydrogen-bond donors (Lipinski definition) is 1. The normalized spacial score (nSPS) is 23.6. The van der Waals surface area contributed by atoms with Crippen molar-refractivity contribution in [3.63, 3.8) is 0 Å². The quantitative estimate of drug-likeness (QED) is 0.936. The maximum Gasteiger partial charge on any atom is 0.228 e. The van der Waals surface area contributed by atoms with Crippen LogP contribution in [-0.4, -0.2) is 32.2 Å². The van der Waals surface area contributed by atoms with Gasteiger partial charge < -0.3 is 15.0 Å². The van der Waals surface area contributed by atoms with E-state index >= 15 is 0 Å². The molecule has 2 aliphatic rings. The molecule has 23 heavy (non-hydrogen) atoms. The van der Waals surface area contributed by atoms with Crippen LogP contribution in [0.1, 0.15) is 17.2 Å². The third kappa shape index (κ3) is 3.12. The Labute approximate surface area is 140 Å². The molecule has 1 saturated heterocycles. The van der Waals surface area contributed by atoms with Crippen molar-refractivity contribution < 1.29 is 9.53 Å². The highest BCUT2D eigenvalue weighted by Gasteiger charge is 2.44. The number of ether oxygens (including phenoxy) is 1. The van der Waals surface area contributed by atoms with Crippen molar-refractivity contribution in [1.82, 2.24) is 0 Å². The Morgan fingerprint density at radius 3 is 2.78 bits per heavy atom. The van der Waals surface area contributed by atoms with E-state index in [4.69, 9.17) is 4.74 Å². The summed E-state index contributed by atoms with van der Waals surface area (Å²) in [5.74, 6) is 0.668. The van der Waals surface area contributed by atoms with E-state index in [1.54, 1.807) is 11.3 Å². The van der Waals surface area contributed by atoms with Gasteiger partial charge in [0.1, 0.15) is 0 Å². The van der Waals surface area contributed by atoms with E-state index < -0.39 is 0 Å². The first-order valence-electron chi connectivity index (χ1n) is 8.09. The van der Waals surface area contributed by atoms with Crippen molar-refractivity contribution in [3.8, 4) is 0 Å². The van der Waals surface area contributed by atoms with Crippen LogP contribution in [0.4, 0.5) is 11.4 Å². The molecule has 1 aromatic carbocycles. The Morgan fingerprint density at radius 2 is 2.00 bits per heavy atom. The fourth-order valence-corrected chi connectivity index (χ4v) is 4.09. The Kier molecular flexibility index (Phi) is 4.06. The number of amides is 1. The lowest BCUT2D eigenvalue weighted by atomic mass is 10.2. The van der Waals surface area contributed by atoms with Crippen molar-refractivity contribution in [2.45, 2.75) is 12.3 Å². The monoisotopic (exact) mass is 328 g/mol. The number of anilines is 2. The predicted octanol–water partition coefficient (Wildman–Crippen LogP) is 3.33. The second-order valence-corrected chi connectivity index (χ2v) is 7.05. The fraction of sp³-hybridized carbons (Fsp3) is 0.389. The number of nitrogens with one attached hydrogen (secondary N) is 1. The third-order valence-electron chi connectivity index (χ3n) is 4.55. The zero-order valence-electron chi connectivity index (χ0n) is 12.9. The van der Waals surface area contributed by atoms with Crippen molar-refractivity contribution in [2.24, 2.45) is 5.92 Å². The van der Waals surface area contributed by atoms with Gasteiger partial charge in [0.2, 0.25) is 5.91 Å². The van der Waals surface area contributed by atoms with Gasteiger partial charge in [-0.25, -0.2) is 0 Å². The summed E-state index contributed by atoms with van der Waals surface area (Å²) in [5, 5.41) is 5.22. The lowest BCUT2D eigenvalue weighted by Crippen LogP contribution is -2.36. The van der Waals surface area contributed by atoms with E-state index in [-0.39, 0.29) is 11.8 Å². The van der Waals surface area contributed by atoms with E-state index in [9.17, 15) is 4.79 Å². The van der Waals surface area contributed by atoms with Crippen molar-refractivity contribution in [1.29, 1.82) is 0 Å². The lowest BCUT2D eigenvalue weighted by Gasteiger charge is -2.30. The molecule has 5 heteroatoms. The number of carbonyl (C=O) groups is 1. The summed E-state index contributed by atoms with van der Waals surface area (Å²) in [7, 11) is 0. The van der Waals surface area contributed by atoms with Crippen LogP contribution in [0.15, 0.2) is 41.8 Å². The Hall–Kier alpha value is -1.85. The van der Waals surface area contributed by atoms with Crippen molar-refractivity contribution in [2.75, 3.05) is 36.5 Å². The van der Waals surface area contributed by atoms with E-state index in [0.29, 0.717) is 5.92 Å². The van der Waals surface area contributed by atoms with E-state index in [1.165, 1.54) is 4.88 Å². The molecule has 1 aliphatic carbocycles. The molecule has 2 fully saturated rings. The number of thiophene rings is 1. The first-order chi connectivity index (χ1) is 11.3. The minimum Gasteiger partial charge on any atom is -0.378 e. The summed E-state index contributed by atoms with van der Waals surface area (Å²) in [6, 6.07) is 12.2. The summed E-state index contributed by atoms with van der Waals surface area (Å²) >= 11 is 1.74. The van der Waals surface area contributed by atoms with Gasteiger partial charge in [0, 0.05) is 29.8 Å². The second-order valence-electron chi connectivity index (χ2n) is 6.07. The van der Waals surface area contributed by atoms with Crippen LogP contribution < -0.4 is 10.2 Å². The highest BCUT2D eigenvalue weighted by Crippen LogP contribution is 2.49. The Balaban J connectivity index is 1.46. The highest BCUT2D eigenvalue weighted by molar-refractivity contribution is 7.10. The molecule has 0 bridgehead atoms. The average Bonchev–Trinajstić information content (AvgIpc) is 3.22. The van der Waals surface area contributed by atoms with Crippen LogP contribution >= 0.6 is 11.3 Å². The van der Waals surface area contributed by atoms with Gasteiger partial charge in [-0.2, -0.15) is 0 Å². The van der Waals surface area contributed by atoms with Gasteiger partial charge in [-0.15, -0.1) is 11.3 Å². The molecule has 1 aromatic heterocycles. The zero-order valence-corrected chi connectivity index (χ0v) is 13.7. The molecule has 4 rings (SSSR count). The molecule has 0 radical (unpaired) electrons. The molecule has 1 saturated carbocycles. The molecule has 1 N–H and O–H groups in total. The Morgan fingerprint density at radius 1 is 1.17 bits per heavy atom.